The minimum absolute atomic E-state index is 0.790. The third-order valence-corrected chi connectivity index (χ3v) is 3.26. The van der Waals surface area contributed by atoms with Crippen molar-refractivity contribution < 1.29 is 0 Å². The molecule has 2 aromatic rings. The van der Waals surface area contributed by atoms with Gasteiger partial charge in [0.25, 0.3) is 0 Å². The van der Waals surface area contributed by atoms with Crippen LogP contribution in [0.2, 0.25) is 0 Å². The Labute approximate surface area is 102 Å². The highest BCUT2D eigenvalue weighted by molar-refractivity contribution is 5.77. The van der Waals surface area contributed by atoms with Gasteiger partial charge in [-0.25, -0.2) is 4.98 Å². The third-order valence-electron chi connectivity index (χ3n) is 3.26. The van der Waals surface area contributed by atoms with E-state index in [1.54, 1.807) is 0 Å². The van der Waals surface area contributed by atoms with Crippen LogP contribution in [-0.2, 0) is 6.42 Å². The minimum atomic E-state index is 0.790. The summed E-state index contributed by atoms with van der Waals surface area (Å²) in [5.41, 5.74) is 10.3. The zero-order chi connectivity index (χ0) is 12.3. The van der Waals surface area contributed by atoms with E-state index in [9.17, 15) is 0 Å². The van der Waals surface area contributed by atoms with Crippen LogP contribution >= 0.6 is 0 Å². The molecule has 0 aliphatic heterocycles. The van der Waals surface area contributed by atoms with Crippen LogP contribution in [0.15, 0.2) is 12.1 Å². The average Bonchev–Trinajstić information content (AvgIpc) is 2.67. The Bertz CT molecular complexity index is 460. The highest BCUT2D eigenvalue weighted by atomic mass is 14.9. The lowest BCUT2D eigenvalue weighted by atomic mass is 10.1. The number of nitrogens with two attached hydrogens (primary N) is 1. The fourth-order valence-corrected chi connectivity index (χ4v) is 2.05. The van der Waals surface area contributed by atoms with E-state index in [4.69, 9.17) is 5.73 Å². The van der Waals surface area contributed by atoms with Gasteiger partial charge in [0.1, 0.15) is 5.82 Å². The number of aromatic nitrogens is 2. The van der Waals surface area contributed by atoms with Crippen LogP contribution in [-0.4, -0.2) is 16.5 Å². The highest BCUT2D eigenvalue weighted by Gasteiger charge is 2.04. The number of nitrogens with one attached hydrogen (secondary N) is 1. The largest absolute Gasteiger partial charge is 0.342 e. The molecule has 3 N–H and O–H groups in total. The van der Waals surface area contributed by atoms with E-state index in [0.29, 0.717) is 0 Å². The van der Waals surface area contributed by atoms with Crippen molar-refractivity contribution in [3.63, 3.8) is 0 Å². The van der Waals surface area contributed by atoms with Gasteiger partial charge in [-0.2, -0.15) is 0 Å². The second-order valence-electron chi connectivity index (χ2n) is 4.74. The number of aryl methyl sites for hydroxylation is 3. The Morgan fingerprint density at radius 1 is 1.12 bits per heavy atom. The van der Waals surface area contributed by atoms with Gasteiger partial charge < -0.3 is 10.7 Å². The van der Waals surface area contributed by atoms with E-state index in [1.807, 2.05) is 0 Å². The number of H-pyrrole nitrogens is 1. The molecule has 2 rings (SSSR count). The molecule has 0 fully saturated rings. The molecule has 0 aliphatic carbocycles. The van der Waals surface area contributed by atoms with E-state index >= 15 is 0 Å². The van der Waals surface area contributed by atoms with Crippen LogP contribution in [0.4, 0.5) is 0 Å². The molecule has 0 bridgehead atoms. The summed E-state index contributed by atoms with van der Waals surface area (Å²) in [7, 11) is 0. The molecule has 0 saturated heterocycles. The van der Waals surface area contributed by atoms with Gasteiger partial charge in [0.2, 0.25) is 0 Å². The SMILES string of the molecule is Cc1cc2nc(CCCCCN)[nH]c2cc1C. The molecule has 3 heteroatoms. The van der Waals surface area contributed by atoms with Crippen molar-refractivity contribution in [3.05, 3.63) is 29.1 Å². The van der Waals surface area contributed by atoms with Crippen molar-refractivity contribution in [1.29, 1.82) is 0 Å². The molecule has 1 heterocycles. The first kappa shape index (κ1) is 12.1. The number of hydrogen-bond donors (Lipinski definition) is 2. The Morgan fingerprint density at radius 2 is 1.88 bits per heavy atom. The Kier molecular flexibility index (Phi) is 3.79. The Hall–Kier alpha value is -1.35. The predicted octanol–water partition coefficient (Wildman–Crippen LogP) is 2.85. The second kappa shape index (κ2) is 5.32. The number of nitrogens with zero attached hydrogens (tertiary/aromatic N) is 1. The number of fused-ring (bicyclic) bond motifs is 1. The molecule has 0 unspecified atom stereocenters. The van der Waals surface area contributed by atoms with Crippen molar-refractivity contribution in [2.45, 2.75) is 39.5 Å². The van der Waals surface area contributed by atoms with Crippen LogP contribution in [0.25, 0.3) is 11.0 Å². The van der Waals surface area contributed by atoms with Crippen molar-refractivity contribution in [2.75, 3.05) is 6.54 Å². The lowest BCUT2D eigenvalue weighted by Crippen LogP contribution is -1.98. The van der Waals surface area contributed by atoms with Gasteiger partial charge in [0, 0.05) is 6.42 Å². The minimum Gasteiger partial charge on any atom is -0.342 e. The van der Waals surface area contributed by atoms with Gasteiger partial charge in [-0.05, 0) is 56.5 Å². The first-order valence-corrected chi connectivity index (χ1v) is 6.36. The fraction of sp³-hybridized carbons (Fsp3) is 0.500. The molecule has 0 spiro atoms. The summed E-state index contributed by atoms with van der Waals surface area (Å²) in [5.74, 6) is 1.10. The molecule has 0 saturated carbocycles. The lowest BCUT2D eigenvalue weighted by molar-refractivity contribution is 0.674. The first-order chi connectivity index (χ1) is 8.20. The standard InChI is InChI=1S/C14H21N3/c1-10-8-12-13(9-11(10)2)17-14(16-12)6-4-3-5-7-15/h8-9H,3-7,15H2,1-2H3,(H,16,17). The van der Waals surface area contributed by atoms with Gasteiger partial charge in [0.15, 0.2) is 0 Å². The molecule has 0 radical (unpaired) electrons. The van der Waals surface area contributed by atoms with E-state index < -0.39 is 0 Å². The van der Waals surface area contributed by atoms with Crippen molar-refractivity contribution in [2.24, 2.45) is 5.73 Å². The summed E-state index contributed by atoms with van der Waals surface area (Å²) < 4.78 is 0. The zero-order valence-electron chi connectivity index (χ0n) is 10.7. The lowest BCUT2D eigenvalue weighted by Gasteiger charge is -1.97. The van der Waals surface area contributed by atoms with E-state index in [2.05, 4.69) is 35.9 Å². The average molecular weight is 231 g/mol. The van der Waals surface area contributed by atoms with Crippen LogP contribution in [0.1, 0.15) is 36.2 Å². The summed E-state index contributed by atoms with van der Waals surface area (Å²) in [6.07, 6.45) is 4.48. The molecule has 0 atom stereocenters. The number of hydrogen-bond acceptors (Lipinski definition) is 2. The Balaban J connectivity index is 2.09. The van der Waals surface area contributed by atoms with Crippen LogP contribution < -0.4 is 5.73 Å². The summed E-state index contributed by atoms with van der Waals surface area (Å²) in [5, 5.41) is 0. The third kappa shape index (κ3) is 2.86. The molecular formula is C14H21N3. The number of imidazole rings is 1. The molecule has 92 valence electrons. The van der Waals surface area contributed by atoms with Gasteiger partial charge in [-0.15, -0.1) is 0 Å². The molecule has 1 aromatic carbocycles. The summed E-state index contributed by atoms with van der Waals surface area (Å²) >= 11 is 0. The summed E-state index contributed by atoms with van der Waals surface area (Å²) in [6, 6.07) is 4.34. The van der Waals surface area contributed by atoms with Crippen molar-refractivity contribution >= 4 is 11.0 Å². The second-order valence-corrected chi connectivity index (χ2v) is 4.74. The smallest absolute Gasteiger partial charge is 0.107 e. The quantitative estimate of drug-likeness (QED) is 0.777. The molecule has 17 heavy (non-hydrogen) atoms. The van der Waals surface area contributed by atoms with Gasteiger partial charge in [0.05, 0.1) is 11.0 Å². The molecule has 3 nitrogen and oxygen atoms in total. The van der Waals surface area contributed by atoms with E-state index in [1.165, 1.54) is 17.5 Å². The summed E-state index contributed by atoms with van der Waals surface area (Å²) in [6.45, 7) is 5.05. The van der Waals surface area contributed by atoms with Crippen LogP contribution in [0.3, 0.4) is 0 Å². The Morgan fingerprint density at radius 3 is 2.65 bits per heavy atom. The van der Waals surface area contributed by atoms with E-state index in [-0.39, 0.29) is 0 Å². The van der Waals surface area contributed by atoms with Crippen LogP contribution in [0.5, 0.6) is 0 Å². The number of rotatable bonds is 5. The topological polar surface area (TPSA) is 54.7 Å². The van der Waals surface area contributed by atoms with Crippen molar-refractivity contribution in [3.8, 4) is 0 Å². The number of benzene rings is 1. The maximum Gasteiger partial charge on any atom is 0.107 e. The zero-order valence-corrected chi connectivity index (χ0v) is 10.7. The maximum atomic E-state index is 5.48. The molecule has 1 aromatic heterocycles. The normalized spacial score (nSPS) is 11.2. The molecule has 0 amide bonds. The summed E-state index contributed by atoms with van der Waals surface area (Å²) in [4.78, 5) is 8.02. The first-order valence-electron chi connectivity index (χ1n) is 6.36. The van der Waals surface area contributed by atoms with Gasteiger partial charge in [-0.3, -0.25) is 0 Å². The molecule has 0 aliphatic rings. The highest BCUT2D eigenvalue weighted by Crippen LogP contribution is 2.18. The maximum absolute atomic E-state index is 5.48. The van der Waals surface area contributed by atoms with Gasteiger partial charge >= 0.3 is 0 Å². The monoisotopic (exact) mass is 231 g/mol. The number of unbranched alkanes of at least 4 members (excludes halogenated alkanes) is 2. The number of aromatic amines is 1. The fourth-order valence-electron chi connectivity index (χ4n) is 2.05. The molecular weight excluding hydrogens is 210 g/mol. The van der Waals surface area contributed by atoms with Gasteiger partial charge in [-0.1, -0.05) is 6.42 Å². The predicted molar refractivity (Wildman–Crippen MR) is 72.2 cm³/mol. The van der Waals surface area contributed by atoms with Crippen LogP contribution in [0, 0.1) is 13.8 Å². The van der Waals surface area contributed by atoms with E-state index in [0.717, 1.165) is 42.7 Å². The van der Waals surface area contributed by atoms with Crippen molar-refractivity contribution in [1.82, 2.24) is 9.97 Å².